The van der Waals surface area contributed by atoms with Crippen LogP contribution in [0.5, 0.6) is 0 Å². The van der Waals surface area contributed by atoms with Crippen molar-refractivity contribution in [3.63, 3.8) is 0 Å². The van der Waals surface area contributed by atoms with Crippen LogP contribution in [0.2, 0.25) is 0 Å². The molecule has 0 aliphatic heterocycles. The van der Waals surface area contributed by atoms with E-state index < -0.39 is 34.3 Å². The van der Waals surface area contributed by atoms with Gasteiger partial charge in [-0.2, -0.15) is 0 Å². The Bertz CT molecular complexity index is 1730. The van der Waals surface area contributed by atoms with Crippen molar-refractivity contribution in [1.29, 1.82) is 0 Å². The molecule has 0 aromatic heterocycles. The predicted molar refractivity (Wildman–Crippen MR) is 185 cm³/mol. The molecule has 1 N–H and O–H groups in total. The number of rotatable bonds is 15. The number of unbranched alkanes of at least 4 members (excludes halogenated alkanes) is 1. The third-order valence-corrected chi connectivity index (χ3v) is 9.92. The highest BCUT2D eigenvalue weighted by molar-refractivity contribution is 7.92. The Hall–Kier alpha value is -4.50. The molecule has 4 rings (SSSR count). The van der Waals surface area contributed by atoms with Crippen LogP contribution in [0.3, 0.4) is 0 Å². The monoisotopic (exact) mass is 657 g/mol. The highest BCUT2D eigenvalue weighted by Gasteiger charge is 2.35. The van der Waals surface area contributed by atoms with Gasteiger partial charge in [-0.05, 0) is 60.7 Å². The quantitative estimate of drug-likeness (QED) is 0.139. The van der Waals surface area contributed by atoms with Gasteiger partial charge in [0.05, 0.1) is 10.6 Å². The van der Waals surface area contributed by atoms with Gasteiger partial charge >= 0.3 is 0 Å². The fraction of sp³-hybridized carbons (Fsp3) is 0.316. The molecule has 1 atom stereocenters. The molecule has 4 aromatic rings. The smallest absolute Gasteiger partial charge is 0.264 e. The predicted octanol–water partition coefficient (Wildman–Crippen LogP) is 7.01. The van der Waals surface area contributed by atoms with Crippen LogP contribution >= 0.6 is 0 Å². The molecule has 7 nitrogen and oxygen atoms in total. The lowest BCUT2D eigenvalue weighted by Crippen LogP contribution is -2.53. The highest BCUT2D eigenvalue weighted by Crippen LogP contribution is 2.27. The standard InChI is InChI=1S/C38H44FN3O4S/c1-5-6-24-40-38(44)36(25-30-12-8-7-9-13-30)41(26-32-14-10-11-15-35(32)39)37(43)27-42(33-20-18-31(19-21-33)28(2)3)47(45,46)34-22-16-29(4)17-23-34/h7-23,28,36H,5-6,24-27H2,1-4H3,(H,40,44). The van der Waals surface area contributed by atoms with Crippen LogP contribution in [0.15, 0.2) is 108 Å². The van der Waals surface area contributed by atoms with Gasteiger partial charge in [-0.15, -0.1) is 0 Å². The van der Waals surface area contributed by atoms with Crippen molar-refractivity contribution >= 4 is 27.5 Å². The Morgan fingerprint density at radius 2 is 1.49 bits per heavy atom. The summed E-state index contributed by atoms with van der Waals surface area (Å²) in [7, 11) is -4.22. The third kappa shape index (κ3) is 9.29. The summed E-state index contributed by atoms with van der Waals surface area (Å²) in [6, 6.07) is 27.8. The van der Waals surface area contributed by atoms with Gasteiger partial charge in [0, 0.05) is 25.1 Å². The number of benzene rings is 4. The molecule has 0 bridgehead atoms. The zero-order valence-electron chi connectivity index (χ0n) is 27.5. The van der Waals surface area contributed by atoms with Gasteiger partial charge in [-0.25, -0.2) is 12.8 Å². The summed E-state index contributed by atoms with van der Waals surface area (Å²) in [5.74, 6) is -1.33. The molecule has 47 heavy (non-hydrogen) atoms. The van der Waals surface area contributed by atoms with E-state index in [0.29, 0.717) is 12.2 Å². The van der Waals surface area contributed by atoms with Crippen molar-refractivity contribution in [3.8, 4) is 0 Å². The van der Waals surface area contributed by atoms with Crippen LogP contribution in [0, 0.1) is 12.7 Å². The van der Waals surface area contributed by atoms with Gasteiger partial charge in [0.2, 0.25) is 11.8 Å². The molecule has 4 aromatic carbocycles. The van der Waals surface area contributed by atoms with Crippen LogP contribution in [-0.2, 0) is 32.6 Å². The summed E-state index contributed by atoms with van der Waals surface area (Å²) in [6.45, 7) is 7.54. The maximum Gasteiger partial charge on any atom is 0.264 e. The Labute approximate surface area is 278 Å². The molecular weight excluding hydrogens is 614 g/mol. The fourth-order valence-corrected chi connectivity index (χ4v) is 6.68. The van der Waals surface area contributed by atoms with Crippen molar-refractivity contribution < 1.29 is 22.4 Å². The van der Waals surface area contributed by atoms with Crippen LogP contribution in [0.1, 0.15) is 61.8 Å². The maximum absolute atomic E-state index is 15.1. The molecule has 2 amide bonds. The molecule has 0 spiro atoms. The lowest BCUT2D eigenvalue weighted by Gasteiger charge is -2.34. The van der Waals surface area contributed by atoms with Crippen molar-refractivity contribution in [2.45, 2.75) is 70.4 Å². The number of nitrogens with one attached hydrogen (secondary N) is 1. The number of hydrogen-bond acceptors (Lipinski definition) is 4. The highest BCUT2D eigenvalue weighted by atomic mass is 32.2. The van der Waals surface area contributed by atoms with Crippen LogP contribution in [0.4, 0.5) is 10.1 Å². The van der Waals surface area contributed by atoms with E-state index in [4.69, 9.17) is 0 Å². The molecule has 0 aliphatic carbocycles. The summed E-state index contributed by atoms with van der Waals surface area (Å²) in [4.78, 5) is 29.7. The van der Waals surface area contributed by atoms with E-state index in [1.807, 2.05) is 70.2 Å². The first-order chi connectivity index (χ1) is 22.5. The lowest BCUT2D eigenvalue weighted by molar-refractivity contribution is -0.140. The fourth-order valence-electron chi connectivity index (χ4n) is 5.26. The van der Waals surface area contributed by atoms with Gasteiger partial charge in [0.15, 0.2) is 0 Å². The third-order valence-electron chi connectivity index (χ3n) is 8.13. The largest absolute Gasteiger partial charge is 0.354 e. The minimum Gasteiger partial charge on any atom is -0.354 e. The molecule has 0 heterocycles. The molecule has 0 aliphatic rings. The normalized spacial score (nSPS) is 12.0. The number of carbonyl (C=O) groups excluding carboxylic acids is 2. The summed E-state index contributed by atoms with van der Waals surface area (Å²) < 4.78 is 44.6. The maximum atomic E-state index is 15.1. The number of hydrogen-bond donors (Lipinski definition) is 1. The molecule has 1 unspecified atom stereocenters. The second-order valence-corrected chi connectivity index (χ2v) is 13.9. The van der Waals surface area contributed by atoms with E-state index in [0.717, 1.165) is 33.8 Å². The van der Waals surface area contributed by atoms with Crippen molar-refractivity contribution in [2.75, 3.05) is 17.4 Å². The number of sulfonamides is 1. The van der Waals surface area contributed by atoms with E-state index in [1.165, 1.54) is 23.1 Å². The number of halogens is 1. The zero-order chi connectivity index (χ0) is 34.0. The van der Waals surface area contributed by atoms with Gasteiger partial charge < -0.3 is 10.2 Å². The van der Waals surface area contributed by atoms with Gasteiger partial charge in [0.25, 0.3) is 10.0 Å². The molecule has 0 saturated heterocycles. The first-order valence-corrected chi connectivity index (χ1v) is 17.5. The Balaban J connectivity index is 1.80. The number of aryl methyl sites for hydroxylation is 1. The first kappa shape index (κ1) is 35.4. The zero-order valence-corrected chi connectivity index (χ0v) is 28.3. The van der Waals surface area contributed by atoms with E-state index in [9.17, 15) is 18.0 Å². The molecule has 0 saturated carbocycles. The number of amides is 2. The van der Waals surface area contributed by atoms with E-state index in [-0.39, 0.29) is 35.2 Å². The van der Waals surface area contributed by atoms with Crippen LogP contribution in [-0.4, -0.2) is 44.3 Å². The molecule has 0 fully saturated rings. The molecule has 9 heteroatoms. The summed E-state index contributed by atoms with van der Waals surface area (Å²) in [6.07, 6.45) is 1.77. The van der Waals surface area contributed by atoms with E-state index >= 15 is 4.39 Å². The van der Waals surface area contributed by atoms with Crippen LogP contribution < -0.4 is 9.62 Å². The lowest BCUT2D eigenvalue weighted by atomic mass is 10.0. The average Bonchev–Trinajstić information content (AvgIpc) is 3.06. The molecule has 248 valence electrons. The van der Waals surface area contributed by atoms with Gasteiger partial charge in [-0.1, -0.05) is 106 Å². The SMILES string of the molecule is CCCCNC(=O)C(Cc1ccccc1)N(Cc1ccccc1F)C(=O)CN(c1ccc(C(C)C)cc1)S(=O)(=O)c1ccc(C)cc1. The van der Waals surface area contributed by atoms with Crippen molar-refractivity contribution in [1.82, 2.24) is 10.2 Å². The number of anilines is 1. The summed E-state index contributed by atoms with van der Waals surface area (Å²) >= 11 is 0. The Kier molecular flexibility index (Phi) is 12.3. The number of carbonyl (C=O) groups is 2. The molecular formula is C38H44FN3O4S. The summed E-state index contributed by atoms with van der Waals surface area (Å²) in [5.41, 5.74) is 3.24. The minimum absolute atomic E-state index is 0.0302. The number of nitrogens with zero attached hydrogens (tertiary/aromatic N) is 2. The molecule has 0 radical (unpaired) electrons. The van der Waals surface area contributed by atoms with Crippen molar-refractivity contribution in [2.24, 2.45) is 0 Å². The first-order valence-electron chi connectivity index (χ1n) is 16.0. The second kappa shape index (κ2) is 16.4. The van der Waals surface area contributed by atoms with Gasteiger partial charge in [-0.3, -0.25) is 13.9 Å². The topological polar surface area (TPSA) is 86.8 Å². The van der Waals surface area contributed by atoms with E-state index in [1.54, 1.807) is 42.5 Å². The van der Waals surface area contributed by atoms with Crippen LogP contribution in [0.25, 0.3) is 0 Å². The second-order valence-electron chi connectivity index (χ2n) is 12.0. The Morgan fingerprint density at radius 3 is 2.11 bits per heavy atom. The van der Waals surface area contributed by atoms with E-state index in [2.05, 4.69) is 5.32 Å². The van der Waals surface area contributed by atoms with Gasteiger partial charge in [0.1, 0.15) is 18.4 Å². The minimum atomic E-state index is -4.22. The average molecular weight is 658 g/mol. The summed E-state index contributed by atoms with van der Waals surface area (Å²) in [5, 5.41) is 2.94. The Morgan fingerprint density at radius 1 is 0.851 bits per heavy atom. The van der Waals surface area contributed by atoms with Crippen molar-refractivity contribution in [3.05, 3.63) is 131 Å².